The fourth-order valence-corrected chi connectivity index (χ4v) is 1.09. The molecule has 0 aliphatic carbocycles. The molecule has 0 saturated carbocycles. The summed E-state index contributed by atoms with van der Waals surface area (Å²) in [6.45, 7) is 5.67. The predicted octanol–water partition coefficient (Wildman–Crippen LogP) is 1.61. The van der Waals surface area contributed by atoms with Crippen LogP contribution in [-0.2, 0) is 11.1 Å². The van der Waals surface area contributed by atoms with Crippen molar-refractivity contribution >= 4 is 11.1 Å². The normalized spacial score (nSPS) is 13.0. The summed E-state index contributed by atoms with van der Waals surface area (Å²) in [4.78, 5) is 0. The number of unbranched alkanes of at least 4 members (excludes halogenated alkanes) is 1. The van der Waals surface area contributed by atoms with E-state index in [-0.39, 0.29) is 5.75 Å². The van der Waals surface area contributed by atoms with Gasteiger partial charge in [0.2, 0.25) is 0 Å². The predicted molar refractivity (Wildman–Crippen MR) is 42.5 cm³/mol. The van der Waals surface area contributed by atoms with Crippen molar-refractivity contribution in [2.75, 3.05) is 5.75 Å². The highest BCUT2D eigenvalue weighted by Crippen LogP contribution is 2.03. The Morgan fingerprint density at radius 2 is 2.20 bits per heavy atom. The quantitative estimate of drug-likeness (QED) is 0.349. The summed E-state index contributed by atoms with van der Waals surface area (Å²) in [6.07, 6.45) is 2.63. The smallest absolute Gasteiger partial charge is 0.0102 e. The average molecular weight is 161 g/mol. The molecule has 0 aliphatic rings. The van der Waals surface area contributed by atoms with Crippen molar-refractivity contribution in [2.45, 2.75) is 26.2 Å². The summed E-state index contributed by atoms with van der Waals surface area (Å²) in [7, 11) is 0. The van der Waals surface area contributed by atoms with E-state index in [0.717, 1.165) is 24.8 Å². The van der Waals surface area contributed by atoms with E-state index in [1.807, 2.05) is 6.92 Å². The van der Waals surface area contributed by atoms with Crippen LogP contribution >= 0.6 is 0 Å². The van der Waals surface area contributed by atoms with Crippen molar-refractivity contribution in [3.8, 4) is 0 Å². The molecule has 0 aromatic carbocycles. The molecule has 1 atom stereocenters. The molecule has 0 rings (SSSR count). The summed E-state index contributed by atoms with van der Waals surface area (Å²) in [5.74, 6) is 0.285. The van der Waals surface area contributed by atoms with E-state index in [4.69, 9.17) is 0 Å². The Balaban J connectivity index is 3.06. The van der Waals surface area contributed by atoms with Crippen LogP contribution in [0.3, 0.4) is 0 Å². The Hall–Kier alpha value is -0.150. The minimum absolute atomic E-state index is 0.285. The van der Waals surface area contributed by atoms with Crippen molar-refractivity contribution in [1.82, 2.24) is 0 Å². The molecule has 0 saturated heterocycles. The first-order chi connectivity index (χ1) is 4.63. The highest BCUT2D eigenvalue weighted by molar-refractivity contribution is 7.79. The molecule has 0 radical (unpaired) electrons. The van der Waals surface area contributed by atoms with E-state index in [1.165, 1.54) is 0 Å². The Labute approximate surface area is 64.6 Å². The standard InChI is InChI=1S/C7H14O2S/c1-7(2)5-3-4-6-10(8)9/h1,3-6H2,2H3,(H,8,9)/p-1. The van der Waals surface area contributed by atoms with Gasteiger partial charge in [0.15, 0.2) is 0 Å². The maximum Gasteiger partial charge on any atom is 0.0102 e. The molecule has 0 bridgehead atoms. The van der Waals surface area contributed by atoms with Crippen molar-refractivity contribution in [3.63, 3.8) is 0 Å². The Morgan fingerprint density at radius 1 is 1.60 bits per heavy atom. The molecule has 0 heterocycles. The van der Waals surface area contributed by atoms with Crippen molar-refractivity contribution < 1.29 is 8.76 Å². The van der Waals surface area contributed by atoms with Crippen LogP contribution in [-0.4, -0.2) is 14.5 Å². The summed E-state index contributed by atoms with van der Waals surface area (Å²) < 4.78 is 20.0. The number of rotatable bonds is 5. The van der Waals surface area contributed by atoms with Crippen LogP contribution < -0.4 is 0 Å². The van der Waals surface area contributed by atoms with Gasteiger partial charge in [0.25, 0.3) is 0 Å². The summed E-state index contributed by atoms with van der Waals surface area (Å²) >= 11 is -1.86. The fraction of sp³-hybridized carbons (Fsp3) is 0.714. The zero-order chi connectivity index (χ0) is 7.98. The molecule has 0 amide bonds. The molecule has 10 heavy (non-hydrogen) atoms. The zero-order valence-corrected chi connectivity index (χ0v) is 7.08. The first kappa shape index (κ1) is 9.85. The highest BCUT2D eigenvalue weighted by atomic mass is 32.2. The second-order valence-corrected chi connectivity index (χ2v) is 3.44. The lowest BCUT2D eigenvalue weighted by atomic mass is 10.2. The van der Waals surface area contributed by atoms with Gasteiger partial charge in [-0.3, -0.25) is 4.21 Å². The molecule has 0 aliphatic heterocycles. The number of allylic oxidation sites excluding steroid dienone is 1. The van der Waals surface area contributed by atoms with E-state index < -0.39 is 11.1 Å². The van der Waals surface area contributed by atoms with E-state index in [0.29, 0.717) is 0 Å². The summed E-state index contributed by atoms with van der Waals surface area (Å²) in [5, 5.41) is 0. The zero-order valence-electron chi connectivity index (χ0n) is 6.26. The molecule has 60 valence electrons. The second-order valence-electron chi connectivity index (χ2n) is 2.42. The minimum Gasteiger partial charge on any atom is -0.772 e. The number of hydrogen-bond acceptors (Lipinski definition) is 2. The topological polar surface area (TPSA) is 40.1 Å². The van der Waals surface area contributed by atoms with E-state index in [2.05, 4.69) is 6.58 Å². The first-order valence-electron chi connectivity index (χ1n) is 3.33. The molecule has 1 unspecified atom stereocenters. The van der Waals surface area contributed by atoms with E-state index in [1.54, 1.807) is 0 Å². The van der Waals surface area contributed by atoms with Crippen LogP contribution in [0.2, 0.25) is 0 Å². The molecular formula is C7H13O2S-. The Kier molecular flexibility index (Phi) is 5.54. The molecule has 2 nitrogen and oxygen atoms in total. The van der Waals surface area contributed by atoms with Crippen molar-refractivity contribution in [1.29, 1.82) is 0 Å². The Bertz CT molecular complexity index is 116. The monoisotopic (exact) mass is 161 g/mol. The van der Waals surface area contributed by atoms with Gasteiger partial charge in [-0.05, 0) is 26.2 Å². The lowest BCUT2D eigenvalue weighted by molar-refractivity contribution is 0.533. The maximum atomic E-state index is 10.0. The SMILES string of the molecule is C=C(C)CCCCS(=O)[O-]. The van der Waals surface area contributed by atoms with Gasteiger partial charge in [-0.25, -0.2) is 0 Å². The highest BCUT2D eigenvalue weighted by Gasteiger charge is 1.88. The van der Waals surface area contributed by atoms with E-state index in [9.17, 15) is 8.76 Å². The van der Waals surface area contributed by atoms with Crippen LogP contribution in [0.4, 0.5) is 0 Å². The lowest BCUT2D eigenvalue weighted by Gasteiger charge is -2.03. The van der Waals surface area contributed by atoms with Gasteiger partial charge >= 0.3 is 0 Å². The van der Waals surface area contributed by atoms with Crippen LogP contribution in [0, 0.1) is 0 Å². The van der Waals surface area contributed by atoms with Crippen LogP contribution in [0.5, 0.6) is 0 Å². The van der Waals surface area contributed by atoms with Gasteiger partial charge in [0.1, 0.15) is 0 Å². The minimum atomic E-state index is -1.86. The van der Waals surface area contributed by atoms with Crippen molar-refractivity contribution in [2.24, 2.45) is 0 Å². The van der Waals surface area contributed by atoms with Crippen LogP contribution in [0.1, 0.15) is 26.2 Å². The Morgan fingerprint density at radius 3 is 2.60 bits per heavy atom. The first-order valence-corrected chi connectivity index (χ1v) is 4.57. The second kappa shape index (κ2) is 5.62. The summed E-state index contributed by atoms with van der Waals surface area (Å²) in [6, 6.07) is 0. The maximum absolute atomic E-state index is 10.0. The van der Waals surface area contributed by atoms with Gasteiger partial charge in [-0.15, -0.1) is 6.58 Å². The molecule has 0 spiro atoms. The average Bonchev–Trinajstić information content (AvgIpc) is 1.79. The number of hydrogen-bond donors (Lipinski definition) is 0. The lowest BCUT2D eigenvalue weighted by Crippen LogP contribution is -1.94. The third kappa shape index (κ3) is 7.85. The summed E-state index contributed by atoms with van der Waals surface area (Å²) in [5.41, 5.74) is 1.12. The molecule has 3 heteroatoms. The largest absolute Gasteiger partial charge is 0.772 e. The van der Waals surface area contributed by atoms with E-state index >= 15 is 0 Å². The molecule has 0 fully saturated rings. The molecule has 0 aromatic rings. The molecular weight excluding hydrogens is 148 g/mol. The third-order valence-corrected chi connectivity index (χ3v) is 1.79. The van der Waals surface area contributed by atoms with Gasteiger partial charge in [-0.2, -0.15) is 0 Å². The van der Waals surface area contributed by atoms with Gasteiger partial charge in [0.05, 0.1) is 0 Å². The molecule has 0 N–H and O–H groups in total. The van der Waals surface area contributed by atoms with Gasteiger partial charge in [-0.1, -0.05) is 16.7 Å². The van der Waals surface area contributed by atoms with Crippen LogP contribution in [0.15, 0.2) is 12.2 Å². The van der Waals surface area contributed by atoms with Gasteiger partial charge in [0, 0.05) is 5.75 Å². The van der Waals surface area contributed by atoms with Crippen molar-refractivity contribution in [3.05, 3.63) is 12.2 Å². The molecule has 0 aromatic heterocycles. The van der Waals surface area contributed by atoms with Gasteiger partial charge < -0.3 is 4.55 Å². The van der Waals surface area contributed by atoms with Crippen LogP contribution in [0.25, 0.3) is 0 Å². The third-order valence-electron chi connectivity index (χ3n) is 1.16. The fourth-order valence-electron chi connectivity index (χ4n) is 0.647.